The van der Waals surface area contributed by atoms with Crippen molar-refractivity contribution in [3.05, 3.63) is 36.0 Å². The van der Waals surface area contributed by atoms with E-state index in [9.17, 15) is 9.18 Å². The van der Waals surface area contributed by atoms with Crippen molar-refractivity contribution < 1.29 is 9.18 Å². The zero-order chi connectivity index (χ0) is 20.4. The summed E-state index contributed by atoms with van der Waals surface area (Å²) in [6.07, 6.45) is 1.44. The summed E-state index contributed by atoms with van der Waals surface area (Å²) in [7, 11) is 0. The van der Waals surface area contributed by atoms with Gasteiger partial charge in [-0.2, -0.15) is 5.26 Å². The van der Waals surface area contributed by atoms with Crippen molar-refractivity contribution in [1.82, 2.24) is 14.8 Å². The number of alkyl halides is 1. The van der Waals surface area contributed by atoms with Gasteiger partial charge in [-0.25, -0.2) is 9.37 Å². The lowest BCUT2D eigenvalue weighted by Crippen LogP contribution is -2.46. The Kier molecular flexibility index (Phi) is 5.63. The summed E-state index contributed by atoms with van der Waals surface area (Å²) in [6, 6.07) is 12.0. The number of piperidine rings is 1. The van der Waals surface area contributed by atoms with Gasteiger partial charge in [0.1, 0.15) is 17.9 Å². The van der Waals surface area contributed by atoms with Crippen LogP contribution in [0.2, 0.25) is 0 Å². The molecule has 0 radical (unpaired) electrons. The summed E-state index contributed by atoms with van der Waals surface area (Å²) in [5.74, 6) is 0.0393. The molecule has 2 fully saturated rings. The highest BCUT2D eigenvalue weighted by Gasteiger charge is 2.33. The Morgan fingerprint density at radius 3 is 2.79 bits per heavy atom. The van der Waals surface area contributed by atoms with E-state index in [-0.39, 0.29) is 18.5 Å². The maximum atomic E-state index is 13.5. The standard InChI is InChI=1S/C22H26FN5O/c1-15-11-16(23)13-28(15)22(29)14-27-9-7-17(8-10-27)25-20-3-2-4-21-19(20)6-5-18(12-24)26-21/h2-6,15-17,25H,7-11,13-14H2,1H3/t15-,16+/m1/s1. The molecule has 2 aliphatic heterocycles. The molecule has 0 unspecified atom stereocenters. The number of nitrogens with one attached hydrogen (secondary N) is 1. The molecule has 0 saturated carbocycles. The normalized spacial score (nSPS) is 23.3. The lowest BCUT2D eigenvalue weighted by molar-refractivity contribution is -0.133. The highest BCUT2D eigenvalue weighted by atomic mass is 19.1. The number of aromatic nitrogens is 1. The maximum Gasteiger partial charge on any atom is 0.237 e. The van der Waals surface area contributed by atoms with Gasteiger partial charge in [0.2, 0.25) is 5.91 Å². The van der Waals surface area contributed by atoms with Crippen LogP contribution in [-0.4, -0.2) is 65.1 Å². The molecule has 0 spiro atoms. The van der Waals surface area contributed by atoms with E-state index in [1.807, 2.05) is 31.2 Å². The molecule has 4 rings (SSSR count). The minimum Gasteiger partial charge on any atom is -0.382 e. The summed E-state index contributed by atoms with van der Waals surface area (Å²) in [5.41, 5.74) is 2.25. The molecule has 2 aromatic rings. The number of hydrogen-bond acceptors (Lipinski definition) is 5. The summed E-state index contributed by atoms with van der Waals surface area (Å²) in [5, 5.41) is 13.6. The smallest absolute Gasteiger partial charge is 0.237 e. The molecule has 7 heteroatoms. The zero-order valence-corrected chi connectivity index (χ0v) is 16.6. The highest BCUT2D eigenvalue weighted by molar-refractivity contribution is 5.91. The molecule has 3 heterocycles. The number of amides is 1. The Bertz CT molecular complexity index is 934. The predicted molar refractivity (Wildman–Crippen MR) is 110 cm³/mol. The molecule has 6 nitrogen and oxygen atoms in total. The van der Waals surface area contributed by atoms with Gasteiger partial charge in [0.05, 0.1) is 18.6 Å². The molecule has 2 aliphatic rings. The Morgan fingerprint density at radius 1 is 1.31 bits per heavy atom. The van der Waals surface area contributed by atoms with E-state index in [1.54, 1.807) is 11.0 Å². The van der Waals surface area contributed by atoms with Crippen LogP contribution >= 0.6 is 0 Å². The number of hydrogen-bond donors (Lipinski definition) is 1. The van der Waals surface area contributed by atoms with Crippen LogP contribution in [0.1, 0.15) is 31.9 Å². The van der Waals surface area contributed by atoms with E-state index in [0.717, 1.165) is 42.5 Å². The van der Waals surface area contributed by atoms with Gasteiger partial charge in [0.25, 0.3) is 0 Å². The molecule has 1 aromatic carbocycles. The molecule has 152 valence electrons. The fraction of sp³-hybridized carbons (Fsp3) is 0.500. The molecule has 1 amide bonds. The van der Waals surface area contributed by atoms with Crippen molar-refractivity contribution in [2.75, 3.05) is 31.5 Å². The van der Waals surface area contributed by atoms with Crippen LogP contribution in [0, 0.1) is 11.3 Å². The average Bonchev–Trinajstić information content (AvgIpc) is 3.07. The third-order valence-electron chi connectivity index (χ3n) is 6.00. The van der Waals surface area contributed by atoms with Crippen LogP contribution in [-0.2, 0) is 4.79 Å². The number of nitrogens with zero attached hydrogens (tertiary/aromatic N) is 4. The van der Waals surface area contributed by atoms with Crippen molar-refractivity contribution in [3.63, 3.8) is 0 Å². The number of fused-ring (bicyclic) bond motifs is 1. The van der Waals surface area contributed by atoms with Crippen molar-refractivity contribution in [3.8, 4) is 6.07 Å². The topological polar surface area (TPSA) is 72.3 Å². The molecule has 2 atom stereocenters. The highest BCUT2D eigenvalue weighted by Crippen LogP contribution is 2.25. The molecule has 29 heavy (non-hydrogen) atoms. The number of pyridine rings is 1. The Balaban J connectivity index is 1.33. The summed E-state index contributed by atoms with van der Waals surface area (Å²) < 4.78 is 13.5. The number of carbonyl (C=O) groups excluding carboxylic acids is 1. The average molecular weight is 395 g/mol. The number of rotatable bonds is 4. The van der Waals surface area contributed by atoms with E-state index in [4.69, 9.17) is 5.26 Å². The second kappa shape index (κ2) is 8.34. The van der Waals surface area contributed by atoms with Crippen molar-refractivity contribution >= 4 is 22.5 Å². The summed E-state index contributed by atoms with van der Waals surface area (Å²) in [4.78, 5) is 20.7. The Labute approximate surface area is 170 Å². The van der Waals surface area contributed by atoms with Crippen LogP contribution in [0.5, 0.6) is 0 Å². The molecule has 0 bridgehead atoms. The van der Waals surface area contributed by atoms with Gasteiger partial charge in [0, 0.05) is 42.7 Å². The Hall–Kier alpha value is -2.72. The Morgan fingerprint density at radius 2 is 2.10 bits per heavy atom. The minimum absolute atomic E-state index is 0.00164. The van der Waals surface area contributed by atoms with Crippen LogP contribution in [0.4, 0.5) is 10.1 Å². The van der Waals surface area contributed by atoms with Gasteiger partial charge in [-0.05, 0) is 44.0 Å². The van der Waals surface area contributed by atoms with Crippen molar-refractivity contribution in [2.24, 2.45) is 0 Å². The van der Waals surface area contributed by atoms with E-state index in [1.165, 1.54) is 0 Å². The molecular weight excluding hydrogens is 369 g/mol. The van der Waals surface area contributed by atoms with E-state index in [0.29, 0.717) is 24.7 Å². The number of anilines is 1. The molecule has 1 N–H and O–H groups in total. The minimum atomic E-state index is -0.886. The van der Waals surface area contributed by atoms with Gasteiger partial charge >= 0.3 is 0 Å². The third-order valence-corrected chi connectivity index (χ3v) is 6.00. The second-order valence-electron chi connectivity index (χ2n) is 8.10. The molecule has 2 saturated heterocycles. The number of likely N-dealkylation sites (tertiary alicyclic amines) is 2. The fourth-order valence-corrected chi connectivity index (χ4v) is 4.39. The van der Waals surface area contributed by atoms with Crippen molar-refractivity contribution in [2.45, 2.75) is 44.4 Å². The van der Waals surface area contributed by atoms with Gasteiger partial charge in [-0.1, -0.05) is 6.07 Å². The van der Waals surface area contributed by atoms with Gasteiger partial charge < -0.3 is 10.2 Å². The largest absolute Gasteiger partial charge is 0.382 e. The summed E-state index contributed by atoms with van der Waals surface area (Å²) in [6.45, 7) is 4.21. The van der Waals surface area contributed by atoms with E-state index >= 15 is 0 Å². The number of carbonyl (C=O) groups is 1. The van der Waals surface area contributed by atoms with Crippen molar-refractivity contribution in [1.29, 1.82) is 5.26 Å². The quantitative estimate of drug-likeness (QED) is 0.862. The molecule has 0 aliphatic carbocycles. The number of halogens is 1. The lowest BCUT2D eigenvalue weighted by atomic mass is 10.0. The number of benzene rings is 1. The van der Waals surface area contributed by atoms with Crippen LogP contribution in [0.15, 0.2) is 30.3 Å². The van der Waals surface area contributed by atoms with Gasteiger partial charge in [-0.15, -0.1) is 0 Å². The zero-order valence-electron chi connectivity index (χ0n) is 16.6. The summed E-state index contributed by atoms with van der Waals surface area (Å²) >= 11 is 0. The first-order valence-electron chi connectivity index (χ1n) is 10.3. The first-order chi connectivity index (χ1) is 14.0. The lowest BCUT2D eigenvalue weighted by Gasteiger charge is -2.34. The van der Waals surface area contributed by atoms with E-state index < -0.39 is 6.17 Å². The third kappa shape index (κ3) is 4.33. The number of nitriles is 1. The van der Waals surface area contributed by atoms with Crippen LogP contribution < -0.4 is 5.32 Å². The fourth-order valence-electron chi connectivity index (χ4n) is 4.39. The van der Waals surface area contributed by atoms with Crippen LogP contribution in [0.25, 0.3) is 10.9 Å². The van der Waals surface area contributed by atoms with E-state index in [2.05, 4.69) is 21.3 Å². The van der Waals surface area contributed by atoms with Gasteiger partial charge in [0.15, 0.2) is 0 Å². The SMILES string of the molecule is C[C@@H]1C[C@H](F)CN1C(=O)CN1CCC(Nc2cccc3nc(C#N)ccc23)CC1. The van der Waals surface area contributed by atoms with Gasteiger partial charge in [-0.3, -0.25) is 9.69 Å². The predicted octanol–water partition coefficient (Wildman–Crippen LogP) is 2.94. The maximum absolute atomic E-state index is 13.5. The molecule has 1 aromatic heterocycles. The molecular formula is C22H26FN5O. The first kappa shape index (κ1) is 19.6. The second-order valence-corrected chi connectivity index (χ2v) is 8.10. The first-order valence-corrected chi connectivity index (χ1v) is 10.3. The van der Waals surface area contributed by atoms with Crippen LogP contribution in [0.3, 0.4) is 0 Å². The monoisotopic (exact) mass is 395 g/mol.